The van der Waals surface area contributed by atoms with Crippen LogP contribution in [0, 0.1) is 5.82 Å². The molecule has 0 aromatic heterocycles. The highest BCUT2D eigenvalue weighted by Gasteiger charge is 2.35. The summed E-state index contributed by atoms with van der Waals surface area (Å²) in [7, 11) is 2.11. The van der Waals surface area contributed by atoms with Gasteiger partial charge in [0.05, 0.1) is 5.56 Å². The molecule has 0 radical (unpaired) electrons. The zero-order valence-electron chi connectivity index (χ0n) is 12.5. The Labute approximate surface area is 127 Å². The van der Waals surface area contributed by atoms with E-state index in [-0.39, 0.29) is 0 Å². The van der Waals surface area contributed by atoms with Crippen molar-refractivity contribution in [3.63, 3.8) is 0 Å². The molecule has 22 heavy (non-hydrogen) atoms. The number of benzene rings is 1. The predicted molar refractivity (Wildman–Crippen MR) is 77.0 cm³/mol. The minimum Gasteiger partial charge on any atom is -0.297 e. The van der Waals surface area contributed by atoms with Gasteiger partial charge >= 0.3 is 6.18 Å². The number of alkyl halides is 3. The van der Waals surface area contributed by atoms with E-state index in [1.165, 1.54) is 18.1 Å². The predicted octanol–water partition coefficient (Wildman–Crippen LogP) is 4.57. The van der Waals surface area contributed by atoms with E-state index < -0.39 is 17.6 Å². The van der Waals surface area contributed by atoms with E-state index in [1.54, 1.807) is 0 Å². The van der Waals surface area contributed by atoms with Crippen molar-refractivity contribution in [2.45, 2.75) is 50.4 Å². The Morgan fingerprint density at radius 3 is 2.68 bits per heavy atom. The van der Waals surface area contributed by atoms with E-state index >= 15 is 0 Å². The van der Waals surface area contributed by atoms with Crippen LogP contribution in [0.2, 0.25) is 0 Å². The minimum atomic E-state index is -4.64. The molecule has 0 saturated carbocycles. The molecule has 0 spiro atoms. The summed E-state index contributed by atoms with van der Waals surface area (Å²) >= 11 is 0. The normalized spacial score (nSPS) is 26.0. The smallest absolute Gasteiger partial charge is 0.297 e. The van der Waals surface area contributed by atoms with E-state index in [4.69, 9.17) is 0 Å². The molecule has 0 aliphatic carbocycles. The van der Waals surface area contributed by atoms with Gasteiger partial charge in [0, 0.05) is 12.1 Å². The second-order valence-corrected chi connectivity index (χ2v) is 6.34. The SMILES string of the molecule is CN1C2C=C(Cc3ccc(F)c(C(F)(F)F)c3)CC1CCC2. The van der Waals surface area contributed by atoms with E-state index in [0.29, 0.717) is 24.1 Å². The fourth-order valence-corrected chi connectivity index (χ4v) is 3.62. The summed E-state index contributed by atoms with van der Waals surface area (Å²) in [5, 5.41) is 0. The Balaban J connectivity index is 1.82. The summed E-state index contributed by atoms with van der Waals surface area (Å²) in [4.78, 5) is 2.36. The van der Waals surface area contributed by atoms with Gasteiger partial charge in [-0.3, -0.25) is 4.90 Å². The molecule has 2 aliphatic heterocycles. The van der Waals surface area contributed by atoms with E-state index in [9.17, 15) is 17.6 Å². The Kier molecular flexibility index (Phi) is 4.02. The van der Waals surface area contributed by atoms with Crippen LogP contribution in [-0.4, -0.2) is 24.0 Å². The van der Waals surface area contributed by atoms with Crippen LogP contribution in [-0.2, 0) is 12.6 Å². The molecule has 2 atom stereocenters. The van der Waals surface area contributed by atoms with E-state index in [1.807, 2.05) is 0 Å². The van der Waals surface area contributed by atoms with Crippen molar-refractivity contribution >= 4 is 0 Å². The molecule has 1 aromatic carbocycles. The van der Waals surface area contributed by atoms with Crippen molar-refractivity contribution in [1.29, 1.82) is 0 Å². The van der Waals surface area contributed by atoms with Crippen LogP contribution in [0.5, 0.6) is 0 Å². The van der Waals surface area contributed by atoms with Gasteiger partial charge in [0.1, 0.15) is 5.82 Å². The average Bonchev–Trinajstić information content (AvgIpc) is 2.41. The van der Waals surface area contributed by atoms with Crippen LogP contribution in [0.1, 0.15) is 36.8 Å². The number of piperidine rings is 1. The van der Waals surface area contributed by atoms with Crippen molar-refractivity contribution in [3.8, 4) is 0 Å². The summed E-state index contributed by atoms with van der Waals surface area (Å²) in [6, 6.07) is 4.21. The summed E-state index contributed by atoms with van der Waals surface area (Å²) in [5.41, 5.74) is 0.536. The van der Waals surface area contributed by atoms with Gasteiger partial charge < -0.3 is 0 Å². The van der Waals surface area contributed by atoms with Crippen molar-refractivity contribution in [2.75, 3.05) is 7.05 Å². The molecule has 3 rings (SSSR count). The fourth-order valence-electron chi connectivity index (χ4n) is 3.62. The summed E-state index contributed by atoms with van der Waals surface area (Å²) in [6.07, 6.45) is 2.37. The van der Waals surface area contributed by atoms with Crippen LogP contribution in [0.15, 0.2) is 29.8 Å². The maximum atomic E-state index is 13.3. The number of halogens is 4. The van der Waals surface area contributed by atoms with Gasteiger partial charge in [-0.2, -0.15) is 13.2 Å². The largest absolute Gasteiger partial charge is 0.419 e. The molecular weight excluding hydrogens is 294 g/mol. The third-order valence-corrected chi connectivity index (χ3v) is 4.83. The lowest BCUT2D eigenvalue weighted by molar-refractivity contribution is -0.140. The molecule has 2 aliphatic rings. The first kappa shape index (κ1) is 15.5. The lowest BCUT2D eigenvalue weighted by Crippen LogP contribution is -2.46. The molecule has 2 unspecified atom stereocenters. The van der Waals surface area contributed by atoms with Gasteiger partial charge in [0.2, 0.25) is 0 Å². The molecular formula is C17H19F4N. The first-order valence-corrected chi connectivity index (χ1v) is 7.61. The van der Waals surface area contributed by atoms with Gasteiger partial charge in [-0.25, -0.2) is 4.39 Å². The Hall–Kier alpha value is -1.36. The van der Waals surface area contributed by atoms with Gasteiger partial charge in [0.25, 0.3) is 0 Å². The molecule has 2 bridgehead atoms. The van der Waals surface area contributed by atoms with Crippen LogP contribution < -0.4 is 0 Å². The number of fused-ring (bicyclic) bond motifs is 2. The van der Waals surface area contributed by atoms with Gasteiger partial charge in [-0.1, -0.05) is 24.1 Å². The summed E-state index contributed by atoms with van der Waals surface area (Å²) < 4.78 is 51.7. The lowest BCUT2D eigenvalue weighted by Gasteiger charge is -2.42. The van der Waals surface area contributed by atoms with Crippen LogP contribution in [0.25, 0.3) is 0 Å². The number of rotatable bonds is 2. The van der Waals surface area contributed by atoms with E-state index in [2.05, 4.69) is 18.0 Å². The zero-order chi connectivity index (χ0) is 15.9. The molecule has 1 aromatic rings. The molecule has 5 heteroatoms. The maximum Gasteiger partial charge on any atom is 0.419 e. The van der Waals surface area contributed by atoms with Crippen LogP contribution >= 0.6 is 0 Å². The molecule has 2 heterocycles. The highest BCUT2D eigenvalue weighted by molar-refractivity contribution is 5.31. The zero-order valence-corrected chi connectivity index (χ0v) is 12.5. The summed E-state index contributed by atoms with van der Waals surface area (Å²) in [6.45, 7) is 0. The number of hydrogen-bond acceptors (Lipinski definition) is 1. The van der Waals surface area contributed by atoms with Crippen molar-refractivity contribution < 1.29 is 17.6 Å². The molecule has 120 valence electrons. The minimum absolute atomic E-state index is 0.394. The van der Waals surface area contributed by atoms with Crippen molar-refractivity contribution in [2.24, 2.45) is 0 Å². The quantitative estimate of drug-likeness (QED) is 0.571. The number of nitrogens with zero attached hydrogens (tertiary/aromatic N) is 1. The Morgan fingerprint density at radius 2 is 2.00 bits per heavy atom. The molecule has 1 saturated heterocycles. The van der Waals surface area contributed by atoms with Crippen LogP contribution in [0.3, 0.4) is 0 Å². The Bertz CT molecular complexity index is 591. The standard InChI is InChI=1S/C17H19F4N/c1-22-13-3-2-4-14(22)9-12(8-13)7-11-5-6-16(18)15(10-11)17(19,20)21/h5-6,8,10,13-14H,2-4,7,9H2,1H3. The molecule has 0 amide bonds. The average molecular weight is 313 g/mol. The number of hydrogen-bond donors (Lipinski definition) is 0. The topological polar surface area (TPSA) is 3.24 Å². The first-order chi connectivity index (χ1) is 10.3. The Morgan fingerprint density at radius 1 is 1.23 bits per heavy atom. The second-order valence-electron chi connectivity index (χ2n) is 6.34. The molecule has 1 nitrogen and oxygen atoms in total. The highest BCUT2D eigenvalue weighted by atomic mass is 19.4. The van der Waals surface area contributed by atoms with Gasteiger partial charge in [0.15, 0.2) is 0 Å². The second kappa shape index (κ2) is 5.69. The fraction of sp³-hybridized carbons (Fsp3) is 0.529. The van der Waals surface area contributed by atoms with Gasteiger partial charge in [-0.15, -0.1) is 0 Å². The first-order valence-electron chi connectivity index (χ1n) is 7.61. The highest BCUT2D eigenvalue weighted by Crippen LogP contribution is 2.35. The maximum absolute atomic E-state index is 13.3. The third kappa shape index (κ3) is 3.05. The number of likely N-dealkylation sites (N-methyl/N-ethyl adjacent to an activating group) is 1. The molecule has 0 N–H and O–H groups in total. The lowest BCUT2D eigenvalue weighted by atomic mass is 9.83. The molecule has 1 fully saturated rings. The van der Waals surface area contributed by atoms with Crippen molar-refractivity contribution in [1.82, 2.24) is 4.90 Å². The third-order valence-electron chi connectivity index (χ3n) is 4.83. The van der Waals surface area contributed by atoms with Crippen LogP contribution in [0.4, 0.5) is 17.6 Å². The summed E-state index contributed by atoms with van der Waals surface area (Å²) in [5.74, 6) is -1.20. The van der Waals surface area contributed by atoms with E-state index in [0.717, 1.165) is 31.4 Å². The van der Waals surface area contributed by atoms with Crippen molar-refractivity contribution in [3.05, 3.63) is 46.8 Å². The van der Waals surface area contributed by atoms with Gasteiger partial charge in [-0.05, 0) is 50.4 Å². The monoisotopic (exact) mass is 313 g/mol.